The van der Waals surface area contributed by atoms with Gasteiger partial charge in [-0.05, 0) is 76.2 Å². The zero-order valence-electron chi connectivity index (χ0n) is 21.9. The van der Waals surface area contributed by atoms with Gasteiger partial charge in [0.1, 0.15) is 18.5 Å². The first-order valence-electron chi connectivity index (χ1n) is 13.1. The Hall–Kier alpha value is -4.17. The highest BCUT2D eigenvalue weighted by Gasteiger charge is 2.29. The van der Waals surface area contributed by atoms with Gasteiger partial charge in [0.2, 0.25) is 11.9 Å². The van der Waals surface area contributed by atoms with Crippen molar-refractivity contribution in [3.63, 3.8) is 0 Å². The Bertz CT molecular complexity index is 1720. The number of pyridine rings is 1. The molecule has 1 aromatic carbocycles. The second-order valence-electron chi connectivity index (χ2n) is 10.3. The third-order valence-electron chi connectivity index (χ3n) is 7.19. The first kappa shape index (κ1) is 26.1. The number of likely N-dealkylation sites (tertiary alicyclic amines) is 1. The Labute approximate surface area is 230 Å². The molecule has 1 saturated heterocycles. The highest BCUT2D eigenvalue weighted by Crippen LogP contribution is 2.37. The molecule has 0 atom stereocenters. The number of fused-ring (bicyclic) bond motifs is 1. The van der Waals surface area contributed by atoms with Crippen LogP contribution in [0.2, 0.25) is 0 Å². The van der Waals surface area contributed by atoms with Gasteiger partial charge in [-0.3, -0.25) is 14.2 Å². The normalized spacial score (nSPS) is 16.7. The average Bonchev–Trinajstić information content (AvgIpc) is 3.67. The van der Waals surface area contributed by atoms with E-state index in [1.807, 2.05) is 0 Å². The lowest BCUT2D eigenvalue weighted by atomic mass is 10.1. The van der Waals surface area contributed by atoms with Gasteiger partial charge < -0.3 is 15.5 Å². The van der Waals surface area contributed by atoms with E-state index >= 15 is 0 Å². The number of carbonyl (C=O) groups excluding carboxylic acids is 1. The van der Waals surface area contributed by atoms with Crippen LogP contribution in [0, 0.1) is 0 Å². The maximum Gasteiger partial charge on any atom is 0.284 e. The molecule has 4 heterocycles. The van der Waals surface area contributed by atoms with Crippen molar-refractivity contribution in [2.45, 2.75) is 49.1 Å². The molecule has 40 heavy (non-hydrogen) atoms. The Kier molecular flexibility index (Phi) is 6.80. The fraction of sp³-hybridized carbons (Fsp3) is 0.385. The van der Waals surface area contributed by atoms with Crippen LogP contribution in [0.1, 0.15) is 37.4 Å². The average molecular weight is 564 g/mol. The number of piperidine rings is 1. The maximum atomic E-state index is 12.9. The molecule has 2 aliphatic rings. The molecule has 3 aromatic heterocycles. The van der Waals surface area contributed by atoms with Crippen molar-refractivity contribution in [2.75, 3.05) is 30.8 Å². The number of nitrogens with zero attached hydrogens (tertiary/aromatic N) is 7. The van der Waals surface area contributed by atoms with Crippen LogP contribution in [0.25, 0.3) is 11.0 Å². The molecule has 0 bridgehead atoms. The third-order valence-corrected chi connectivity index (χ3v) is 8.73. The van der Waals surface area contributed by atoms with Crippen molar-refractivity contribution in [1.29, 1.82) is 0 Å². The van der Waals surface area contributed by atoms with Crippen molar-refractivity contribution in [2.24, 2.45) is 0 Å². The molecule has 0 spiro atoms. The molecule has 1 aliphatic carbocycles. The van der Waals surface area contributed by atoms with Crippen LogP contribution in [-0.2, 0) is 21.4 Å². The summed E-state index contributed by atoms with van der Waals surface area (Å²) in [4.78, 5) is 41.0. The van der Waals surface area contributed by atoms with E-state index in [-0.39, 0.29) is 29.0 Å². The van der Waals surface area contributed by atoms with Crippen molar-refractivity contribution in [3.05, 3.63) is 65.1 Å². The molecule has 2 fully saturated rings. The summed E-state index contributed by atoms with van der Waals surface area (Å²) in [5, 5.41) is 10.8. The number of hydrogen-bond acceptors (Lipinski definition) is 10. The number of carbonyl (C=O) groups is 1. The van der Waals surface area contributed by atoms with Gasteiger partial charge in [0.15, 0.2) is 5.82 Å². The van der Waals surface area contributed by atoms with Crippen LogP contribution < -0.4 is 16.2 Å². The zero-order chi connectivity index (χ0) is 27.9. The molecule has 1 aliphatic heterocycles. The van der Waals surface area contributed by atoms with Crippen LogP contribution in [0.4, 0.5) is 11.6 Å². The number of amides is 1. The standard InChI is InChI=1S/C26H29N9O4S/c1-33-12-10-20(11-13-33)30-26-27-14-18-4-9-23(37)34(25(18)31-26)15-22(36)29-19-5-7-21(8-6-19)40(38,39)35-16-28-24(32-35)17-2-3-17/h4-9,14,16-17,20H,2-3,10-13,15H2,1H3,(H,29,36)(H,27,30,31). The highest BCUT2D eigenvalue weighted by atomic mass is 32.2. The number of nitrogens with one attached hydrogen (secondary N) is 2. The maximum absolute atomic E-state index is 12.9. The second kappa shape index (κ2) is 10.4. The van der Waals surface area contributed by atoms with Crippen LogP contribution >= 0.6 is 0 Å². The smallest absolute Gasteiger partial charge is 0.284 e. The lowest BCUT2D eigenvalue weighted by Gasteiger charge is -2.29. The van der Waals surface area contributed by atoms with E-state index in [9.17, 15) is 18.0 Å². The third kappa shape index (κ3) is 5.45. The monoisotopic (exact) mass is 563 g/mol. The van der Waals surface area contributed by atoms with Gasteiger partial charge in [-0.15, -0.1) is 9.19 Å². The van der Waals surface area contributed by atoms with Crippen LogP contribution in [0.15, 0.2) is 58.6 Å². The molecule has 2 N–H and O–H groups in total. The van der Waals surface area contributed by atoms with Gasteiger partial charge in [-0.25, -0.2) is 9.97 Å². The van der Waals surface area contributed by atoms with Crippen molar-refractivity contribution in [3.8, 4) is 0 Å². The second-order valence-corrected chi connectivity index (χ2v) is 12.1. The summed E-state index contributed by atoms with van der Waals surface area (Å²) in [5.74, 6) is 0.720. The summed E-state index contributed by atoms with van der Waals surface area (Å²) >= 11 is 0. The Morgan fingerprint density at radius 3 is 2.50 bits per heavy atom. The predicted octanol–water partition coefficient (Wildman–Crippen LogP) is 1.64. The quantitative estimate of drug-likeness (QED) is 0.323. The molecule has 13 nitrogen and oxygen atoms in total. The molecule has 0 unspecified atom stereocenters. The van der Waals surface area contributed by atoms with Gasteiger partial charge in [0, 0.05) is 35.3 Å². The zero-order valence-corrected chi connectivity index (χ0v) is 22.7. The molecule has 1 saturated carbocycles. The largest absolute Gasteiger partial charge is 0.351 e. The van der Waals surface area contributed by atoms with E-state index in [1.165, 1.54) is 41.2 Å². The topological polar surface area (TPSA) is 157 Å². The number of aromatic nitrogens is 6. The van der Waals surface area contributed by atoms with E-state index in [0.29, 0.717) is 28.5 Å². The molecule has 1 amide bonds. The minimum Gasteiger partial charge on any atom is -0.351 e. The summed E-state index contributed by atoms with van der Waals surface area (Å²) in [6, 6.07) is 9.00. The van der Waals surface area contributed by atoms with E-state index < -0.39 is 15.9 Å². The molecule has 6 rings (SSSR count). The fourth-order valence-electron chi connectivity index (χ4n) is 4.70. The minimum atomic E-state index is -3.90. The van der Waals surface area contributed by atoms with Crippen LogP contribution in [0.3, 0.4) is 0 Å². The van der Waals surface area contributed by atoms with Crippen LogP contribution in [-0.4, -0.2) is 74.1 Å². The molecule has 208 valence electrons. The lowest BCUT2D eigenvalue weighted by molar-refractivity contribution is -0.116. The summed E-state index contributed by atoms with van der Waals surface area (Å²) in [6.07, 6.45) is 6.69. The molecular weight excluding hydrogens is 534 g/mol. The van der Waals surface area contributed by atoms with E-state index in [2.05, 4.69) is 42.6 Å². The summed E-state index contributed by atoms with van der Waals surface area (Å²) < 4.78 is 28.0. The van der Waals surface area contributed by atoms with E-state index in [4.69, 9.17) is 0 Å². The van der Waals surface area contributed by atoms with Gasteiger partial charge in [0.25, 0.3) is 15.6 Å². The molecule has 4 aromatic rings. The van der Waals surface area contributed by atoms with Gasteiger partial charge in [-0.1, -0.05) is 0 Å². The molecule has 0 radical (unpaired) electrons. The Balaban J connectivity index is 1.16. The first-order valence-corrected chi connectivity index (χ1v) is 14.6. The van der Waals surface area contributed by atoms with E-state index in [0.717, 1.165) is 42.9 Å². The first-order chi connectivity index (χ1) is 19.3. The lowest BCUT2D eigenvalue weighted by Crippen LogP contribution is -2.37. The Morgan fingerprint density at radius 2 is 1.77 bits per heavy atom. The molecular formula is C26H29N9O4S. The highest BCUT2D eigenvalue weighted by molar-refractivity contribution is 7.89. The summed E-state index contributed by atoms with van der Waals surface area (Å²) in [5.41, 5.74) is 0.369. The van der Waals surface area contributed by atoms with Gasteiger partial charge >= 0.3 is 0 Å². The Morgan fingerprint density at radius 1 is 1.02 bits per heavy atom. The van der Waals surface area contributed by atoms with Crippen molar-refractivity contribution >= 4 is 38.6 Å². The van der Waals surface area contributed by atoms with Gasteiger partial charge in [0.05, 0.1) is 4.90 Å². The van der Waals surface area contributed by atoms with Gasteiger partial charge in [-0.2, -0.15) is 13.4 Å². The van der Waals surface area contributed by atoms with Crippen molar-refractivity contribution < 1.29 is 13.2 Å². The summed E-state index contributed by atoms with van der Waals surface area (Å²) in [7, 11) is -1.81. The number of benzene rings is 1. The number of anilines is 2. The molecule has 14 heteroatoms. The number of hydrogen-bond donors (Lipinski definition) is 2. The van der Waals surface area contributed by atoms with Crippen LogP contribution in [0.5, 0.6) is 0 Å². The predicted molar refractivity (Wildman–Crippen MR) is 148 cm³/mol. The minimum absolute atomic E-state index is 0.0179. The fourth-order valence-corrected chi connectivity index (χ4v) is 5.76. The van der Waals surface area contributed by atoms with E-state index in [1.54, 1.807) is 12.3 Å². The summed E-state index contributed by atoms with van der Waals surface area (Å²) in [6.45, 7) is 1.68. The number of rotatable bonds is 8. The SMILES string of the molecule is CN1CCC(Nc2ncc3ccc(=O)n(CC(=O)Nc4ccc(S(=O)(=O)n5cnc(C6CC6)n5)cc4)c3n2)CC1. The van der Waals surface area contributed by atoms with Crippen molar-refractivity contribution in [1.82, 2.24) is 33.6 Å².